The molecule has 3 unspecified atom stereocenters. The molecule has 5 rings (SSSR count). The Balaban J connectivity index is 1.66. The molecular weight excluding hydrogens is 332 g/mol. The van der Waals surface area contributed by atoms with E-state index in [0.717, 1.165) is 24.8 Å². The van der Waals surface area contributed by atoms with Gasteiger partial charge in [-0.05, 0) is 50.2 Å². The molecule has 8 nitrogen and oxygen atoms in total. The summed E-state index contributed by atoms with van der Waals surface area (Å²) in [6, 6.07) is 3.28. The molecule has 2 saturated carbocycles. The number of nitrogens with one attached hydrogen (secondary N) is 2. The number of hydrogen-bond acceptors (Lipinski definition) is 6. The van der Waals surface area contributed by atoms with Crippen LogP contribution in [0.15, 0.2) is 23.3 Å². The van der Waals surface area contributed by atoms with Gasteiger partial charge < -0.3 is 16.4 Å². The lowest BCUT2D eigenvalue weighted by Gasteiger charge is -2.35. The number of hydrogen-bond donors (Lipinski definition) is 3. The number of carbonyl (C=O) groups excluding carboxylic acids is 1. The number of amides is 1. The van der Waals surface area contributed by atoms with Gasteiger partial charge in [0.1, 0.15) is 35.0 Å². The second-order valence-electron chi connectivity index (χ2n) is 7.64. The average molecular weight is 352 g/mol. The van der Waals surface area contributed by atoms with E-state index in [0.29, 0.717) is 34.9 Å². The van der Waals surface area contributed by atoms with Gasteiger partial charge in [-0.2, -0.15) is 0 Å². The molecule has 2 bridgehead atoms. The van der Waals surface area contributed by atoms with E-state index in [9.17, 15) is 9.59 Å². The summed E-state index contributed by atoms with van der Waals surface area (Å²) in [7, 11) is 0. The number of aromatic nitrogens is 3. The number of nitrogens with zero attached hydrogens (tertiary/aromatic N) is 3. The highest BCUT2D eigenvalue weighted by atomic mass is 16.2. The van der Waals surface area contributed by atoms with Crippen molar-refractivity contribution in [1.82, 2.24) is 19.9 Å². The van der Waals surface area contributed by atoms with E-state index in [1.54, 1.807) is 16.7 Å². The van der Waals surface area contributed by atoms with Crippen LogP contribution in [0.2, 0.25) is 0 Å². The molecule has 134 valence electrons. The van der Waals surface area contributed by atoms with Crippen LogP contribution >= 0.6 is 0 Å². The molecule has 1 spiro atoms. The van der Waals surface area contributed by atoms with Gasteiger partial charge in [-0.1, -0.05) is 0 Å². The zero-order valence-electron chi connectivity index (χ0n) is 14.5. The van der Waals surface area contributed by atoms with Crippen molar-refractivity contribution in [2.24, 2.45) is 11.8 Å². The summed E-state index contributed by atoms with van der Waals surface area (Å²) >= 11 is 0. The van der Waals surface area contributed by atoms with Crippen molar-refractivity contribution in [1.29, 1.82) is 0 Å². The van der Waals surface area contributed by atoms with E-state index in [-0.39, 0.29) is 11.5 Å². The van der Waals surface area contributed by atoms with Gasteiger partial charge in [-0.15, -0.1) is 0 Å². The fraction of sp³-hybridized carbons (Fsp3) is 0.444. The minimum Gasteiger partial charge on any atom is -0.384 e. The molecule has 8 heteroatoms. The molecule has 1 amide bonds. The topological polar surface area (TPSA) is 115 Å². The molecule has 26 heavy (non-hydrogen) atoms. The predicted molar refractivity (Wildman–Crippen MR) is 96.1 cm³/mol. The fourth-order valence-electron chi connectivity index (χ4n) is 5.11. The lowest BCUT2D eigenvalue weighted by molar-refractivity contribution is 0.0845. The number of anilines is 3. The van der Waals surface area contributed by atoms with Crippen LogP contribution in [-0.4, -0.2) is 20.4 Å². The SMILES string of the molecule is Cc1cc(Nc2cc(N)ncn2)c(=O)n2c1C(=O)NC21CC2CCC1C2. The second-order valence-corrected chi connectivity index (χ2v) is 7.64. The standard InChI is InChI=1S/C18H20N6O2/c1-9-4-12(22-14-6-13(19)20-8-21-14)17(26)24-15(9)16(25)23-18(24)7-10-2-3-11(18)5-10/h4,6,8,10-11H,2-3,5,7H2,1H3,(H,23,25)(H3,19,20,21,22). The van der Waals surface area contributed by atoms with E-state index in [1.807, 2.05) is 6.92 Å². The van der Waals surface area contributed by atoms with Crippen LogP contribution in [0.3, 0.4) is 0 Å². The first kappa shape index (κ1) is 15.4. The van der Waals surface area contributed by atoms with Gasteiger partial charge in [0.05, 0.1) is 0 Å². The Kier molecular flexibility index (Phi) is 2.99. The highest BCUT2D eigenvalue weighted by Gasteiger charge is 2.57. The minimum atomic E-state index is -0.570. The monoisotopic (exact) mass is 352 g/mol. The van der Waals surface area contributed by atoms with Crippen LogP contribution in [0, 0.1) is 18.8 Å². The van der Waals surface area contributed by atoms with Crippen molar-refractivity contribution < 1.29 is 4.79 Å². The summed E-state index contributed by atoms with van der Waals surface area (Å²) in [5.74, 6) is 1.53. The van der Waals surface area contributed by atoms with Crippen molar-refractivity contribution >= 4 is 23.2 Å². The fourth-order valence-corrected chi connectivity index (χ4v) is 5.11. The Morgan fingerprint density at radius 3 is 2.85 bits per heavy atom. The normalized spacial score (nSPS) is 28.4. The first-order valence-corrected chi connectivity index (χ1v) is 8.92. The van der Waals surface area contributed by atoms with E-state index in [2.05, 4.69) is 20.6 Å². The van der Waals surface area contributed by atoms with Gasteiger partial charge in [0.2, 0.25) is 0 Å². The molecule has 2 fully saturated rings. The molecule has 0 radical (unpaired) electrons. The molecule has 3 atom stereocenters. The summed E-state index contributed by atoms with van der Waals surface area (Å²) in [4.78, 5) is 34.0. The van der Waals surface area contributed by atoms with Crippen LogP contribution in [0.5, 0.6) is 0 Å². The Bertz CT molecular complexity index is 1000. The molecule has 1 aliphatic heterocycles. The molecular formula is C18H20N6O2. The number of fused-ring (bicyclic) bond motifs is 5. The lowest BCUT2D eigenvalue weighted by atomic mass is 9.88. The van der Waals surface area contributed by atoms with Crippen molar-refractivity contribution in [2.75, 3.05) is 11.1 Å². The maximum atomic E-state index is 13.3. The molecule has 3 aliphatic rings. The van der Waals surface area contributed by atoms with Crippen molar-refractivity contribution in [3.05, 3.63) is 40.1 Å². The van der Waals surface area contributed by atoms with Gasteiger partial charge >= 0.3 is 0 Å². The van der Waals surface area contributed by atoms with Gasteiger partial charge in [-0.25, -0.2) is 9.97 Å². The Labute approximate surface area is 149 Å². The van der Waals surface area contributed by atoms with Crippen LogP contribution < -0.4 is 21.9 Å². The Morgan fingerprint density at radius 1 is 1.31 bits per heavy atom. The van der Waals surface area contributed by atoms with Gasteiger partial charge in [0, 0.05) is 12.0 Å². The Hall–Kier alpha value is -2.90. The molecule has 0 aromatic carbocycles. The van der Waals surface area contributed by atoms with E-state index in [1.165, 1.54) is 12.7 Å². The zero-order valence-corrected chi connectivity index (χ0v) is 14.5. The van der Waals surface area contributed by atoms with E-state index in [4.69, 9.17) is 5.73 Å². The van der Waals surface area contributed by atoms with Crippen molar-refractivity contribution in [3.63, 3.8) is 0 Å². The third kappa shape index (κ3) is 1.95. The molecule has 2 aliphatic carbocycles. The zero-order chi connectivity index (χ0) is 18.1. The van der Waals surface area contributed by atoms with Crippen LogP contribution in [0.1, 0.15) is 41.7 Å². The maximum absolute atomic E-state index is 13.3. The second kappa shape index (κ2) is 5.06. The third-order valence-electron chi connectivity index (χ3n) is 6.10. The number of rotatable bonds is 2. The highest BCUT2D eigenvalue weighted by molar-refractivity contribution is 5.97. The number of carbonyl (C=O) groups is 1. The summed E-state index contributed by atoms with van der Waals surface area (Å²) in [5.41, 5.74) is 6.57. The summed E-state index contributed by atoms with van der Waals surface area (Å²) in [6.45, 7) is 1.86. The first-order chi connectivity index (χ1) is 12.5. The smallest absolute Gasteiger partial charge is 0.276 e. The maximum Gasteiger partial charge on any atom is 0.276 e. The van der Waals surface area contributed by atoms with E-state index >= 15 is 0 Å². The highest BCUT2D eigenvalue weighted by Crippen LogP contribution is 2.54. The number of nitrogen functional groups attached to an aromatic ring is 1. The van der Waals surface area contributed by atoms with Crippen LogP contribution in [-0.2, 0) is 5.66 Å². The summed E-state index contributed by atoms with van der Waals surface area (Å²) in [6.07, 6.45) is 5.49. The summed E-state index contributed by atoms with van der Waals surface area (Å²) < 4.78 is 1.71. The van der Waals surface area contributed by atoms with Crippen LogP contribution in [0.25, 0.3) is 0 Å². The van der Waals surface area contributed by atoms with Gasteiger partial charge in [-0.3, -0.25) is 14.2 Å². The average Bonchev–Trinajstić information content (AvgIpc) is 3.26. The Morgan fingerprint density at radius 2 is 2.15 bits per heavy atom. The van der Waals surface area contributed by atoms with Crippen molar-refractivity contribution in [3.8, 4) is 0 Å². The molecule has 0 saturated heterocycles. The summed E-state index contributed by atoms with van der Waals surface area (Å²) in [5, 5.41) is 6.20. The third-order valence-corrected chi connectivity index (χ3v) is 6.10. The van der Waals surface area contributed by atoms with E-state index < -0.39 is 5.66 Å². The number of pyridine rings is 1. The number of aryl methyl sites for hydroxylation is 1. The van der Waals surface area contributed by atoms with Gasteiger partial charge in [0.25, 0.3) is 11.5 Å². The molecule has 2 aromatic heterocycles. The lowest BCUT2D eigenvalue weighted by Crippen LogP contribution is -2.51. The minimum absolute atomic E-state index is 0.148. The molecule has 3 heterocycles. The largest absolute Gasteiger partial charge is 0.384 e. The quantitative estimate of drug-likeness (QED) is 0.754. The first-order valence-electron chi connectivity index (χ1n) is 8.92. The molecule has 4 N–H and O–H groups in total. The number of nitrogens with two attached hydrogens (primary N) is 1. The van der Waals surface area contributed by atoms with Crippen LogP contribution in [0.4, 0.5) is 17.3 Å². The predicted octanol–water partition coefficient (Wildman–Crippen LogP) is 1.49. The molecule has 2 aromatic rings. The van der Waals surface area contributed by atoms with Crippen molar-refractivity contribution in [2.45, 2.75) is 38.3 Å². The van der Waals surface area contributed by atoms with Gasteiger partial charge in [0.15, 0.2) is 0 Å².